The van der Waals surface area contributed by atoms with Gasteiger partial charge in [-0.15, -0.1) is 0 Å². The van der Waals surface area contributed by atoms with Crippen LogP contribution < -0.4 is 15.4 Å². The summed E-state index contributed by atoms with van der Waals surface area (Å²) < 4.78 is 40.9. The Labute approximate surface area is 128 Å². The minimum absolute atomic E-state index is 0.0588. The van der Waals surface area contributed by atoms with E-state index in [9.17, 15) is 13.2 Å². The van der Waals surface area contributed by atoms with Crippen molar-refractivity contribution in [3.8, 4) is 5.88 Å². The van der Waals surface area contributed by atoms with E-state index in [1.165, 1.54) is 12.3 Å². The summed E-state index contributed by atoms with van der Waals surface area (Å²) in [6.45, 7) is 4.49. The van der Waals surface area contributed by atoms with Gasteiger partial charge in [0, 0.05) is 25.4 Å². The Morgan fingerprint density at radius 3 is 2.73 bits per heavy atom. The topological polar surface area (TPSA) is 58.5 Å². The first kappa shape index (κ1) is 18.1. The van der Waals surface area contributed by atoms with Crippen LogP contribution in [0.3, 0.4) is 0 Å². The average molecular weight is 318 g/mol. The molecule has 0 bridgehead atoms. The molecule has 8 heteroatoms. The second kappa shape index (κ2) is 9.11. The normalized spacial score (nSPS) is 12.1. The minimum Gasteiger partial charge on any atom is -0.468 e. The number of pyridine rings is 1. The molecule has 0 saturated carbocycles. The molecule has 1 aromatic rings. The quantitative estimate of drug-likeness (QED) is 0.599. The molecule has 0 aromatic carbocycles. The van der Waals surface area contributed by atoms with Gasteiger partial charge < -0.3 is 15.4 Å². The Hall–Kier alpha value is -1.99. The Morgan fingerprint density at radius 1 is 1.32 bits per heavy atom. The number of aromatic nitrogens is 1. The molecule has 22 heavy (non-hydrogen) atoms. The van der Waals surface area contributed by atoms with Gasteiger partial charge in [0.1, 0.15) is 0 Å². The summed E-state index contributed by atoms with van der Waals surface area (Å²) in [5.74, 6) is 0.607. The van der Waals surface area contributed by atoms with Crippen LogP contribution in [0.5, 0.6) is 5.88 Å². The van der Waals surface area contributed by atoms with Crippen LogP contribution in [0, 0.1) is 0 Å². The van der Waals surface area contributed by atoms with Crippen LogP contribution in [0.4, 0.5) is 13.2 Å². The van der Waals surface area contributed by atoms with Crippen molar-refractivity contribution in [1.82, 2.24) is 15.6 Å². The molecule has 0 aliphatic carbocycles. The van der Waals surface area contributed by atoms with E-state index >= 15 is 0 Å². The number of guanidine groups is 1. The van der Waals surface area contributed by atoms with Crippen molar-refractivity contribution < 1.29 is 17.9 Å². The molecule has 0 aliphatic heterocycles. The summed E-state index contributed by atoms with van der Waals surface area (Å²) in [5, 5.41) is 6.23. The maximum Gasteiger partial charge on any atom is 0.422 e. The van der Waals surface area contributed by atoms with Crippen molar-refractivity contribution in [1.29, 1.82) is 0 Å². The summed E-state index contributed by atoms with van der Waals surface area (Å²) in [7, 11) is 0. The molecule has 0 unspecified atom stereocenters. The molecule has 0 amide bonds. The lowest BCUT2D eigenvalue weighted by Crippen LogP contribution is -2.37. The van der Waals surface area contributed by atoms with Crippen LogP contribution in [-0.4, -0.2) is 36.8 Å². The maximum atomic E-state index is 12.1. The largest absolute Gasteiger partial charge is 0.468 e. The molecule has 1 rings (SSSR count). The fraction of sp³-hybridized carbons (Fsp3) is 0.571. The number of hydrogen-bond donors (Lipinski definition) is 2. The molecule has 0 aliphatic rings. The molecule has 5 nitrogen and oxygen atoms in total. The van der Waals surface area contributed by atoms with Gasteiger partial charge in [-0.3, -0.25) is 0 Å². The standard InChI is InChI=1S/C14H21F3N4O/c1-3-6-20-13(18-4-2)21-9-11-5-7-19-12(8-11)22-10-14(15,16)17/h5,7-8H,3-4,6,9-10H2,1-2H3,(H2,18,20,21). The average Bonchev–Trinajstić information content (AvgIpc) is 2.48. The molecular formula is C14H21F3N4O. The predicted molar refractivity (Wildman–Crippen MR) is 78.9 cm³/mol. The lowest BCUT2D eigenvalue weighted by Gasteiger charge is -2.11. The predicted octanol–water partition coefficient (Wildman–Crippen LogP) is 2.49. The zero-order chi connectivity index (χ0) is 16.4. The van der Waals surface area contributed by atoms with Gasteiger partial charge in [-0.2, -0.15) is 13.2 Å². The monoisotopic (exact) mass is 318 g/mol. The van der Waals surface area contributed by atoms with E-state index in [2.05, 4.69) is 25.3 Å². The first-order valence-corrected chi connectivity index (χ1v) is 7.11. The molecule has 124 valence electrons. The smallest absolute Gasteiger partial charge is 0.422 e. The number of rotatable bonds is 7. The van der Waals surface area contributed by atoms with E-state index in [0.29, 0.717) is 12.5 Å². The van der Waals surface area contributed by atoms with Crippen molar-refractivity contribution in [2.24, 2.45) is 4.99 Å². The summed E-state index contributed by atoms with van der Waals surface area (Å²) in [6.07, 6.45) is -2.00. The Bertz CT molecular complexity index is 477. The van der Waals surface area contributed by atoms with Crippen LogP contribution >= 0.6 is 0 Å². The highest BCUT2D eigenvalue weighted by Gasteiger charge is 2.28. The fourth-order valence-electron chi connectivity index (χ4n) is 1.54. The summed E-state index contributed by atoms with van der Waals surface area (Å²) >= 11 is 0. The number of nitrogens with one attached hydrogen (secondary N) is 2. The van der Waals surface area contributed by atoms with Crippen LogP contribution in [-0.2, 0) is 6.54 Å². The zero-order valence-electron chi connectivity index (χ0n) is 12.7. The van der Waals surface area contributed by atoms with Gasteiger partial charge >= 0.3 is 6.18 Å². The summed E-state index contributed by atoms with van der Waals surface area (Å²) in [5.41, 5.74) is 0.723. The van der Waals surface area contributed by atoms with Gasteiger partial charge in [0.15, 0.2) is 12.6 Å². The fourth-order valence-corrected chi connectivity index (χ4v) is 1.54. The summed E-state index contributed by atoms with van der Waals surface area (Å²) in [6, 6.07) is 3.14. The Kier molecular flexibility index (Phi) is 7.48. The SMILES string of the molecule is CCCNC(=NCc1ccnc(OCC(F)(F)F)c1)NCC. The van der Waals surface area contributed by atoms with Gasteiger partial charge in [-0.25, -0.2) is 9.98 Å². The molecule has 1 aromatic heterocycles. The number of halogens is 3. The van der Waals surface area contributed by atoms with E-state index in [1.807, 2.05) is 13.8 Å². The second-order valence-electron chi connectivity index (χ2n) is 4.53. The first-order valence-electron chi connectivity index (χ1n) is 7.11. The third-order valence-corrected chi connectivity index (χ3v) is 2.49. The highest BCUT2D eigenvalue weighted by atomic mass is 19.4. The van der Waals surface area contributed by atoms with E-state index in [1.54, 1.807) is 6.07 Å². The molecule has 0 spiro atoms. The molecular weight excluding hydrogens is 297 g/mol. The van der Waals surface area contributed by atoms with Gasteiger partial charge in [0.2, 0.25) is 5.88 Å². The lowest BCUT2D eigenvalue weighted by atomic mass is 10.3. The molecule has 0 fully saturated rings. The van der Waals surface area contributed by atoms with Gasteiger partial charge in [0.25, 0.3) is 0 Å². The molecule has 2 N–H and O–H groups in total. The van der Waals surface area contributed by atoms with E-state index in [-0.39, 0.29) is 5.88 Å². The van der Waals surface area contributed by atoms with E-state index in [0.717, 1.165) is 25.1 Å². The van der Waals surface area contributed by atoms with Crippen molar-refractivity contribution in [3.63, 3.8) is 0 Å². The number of hydrogen-bond acceptors (Lipinski definition) is 3. The van der Waals surface area contributed by atoms with Crippen LogP contribution in [0.25, 0.3) is 0 Å². The Balaban J connectivity index is 2.64. The highest BCUT2D eigenvalue weighted by molar-refractivity contribution is 5.79. The zero-order valence-corrected chi connectivity index (χ0v) is 12.7. The Morgan fingerprint density at radius 2 is 2.09 bits per heavy atom. The van der Waals surface area contributed by atoms with Crippen molar-refractivity contribution in [2.75, 3.05) is 19.7 Å². The lowest BCUT2D eigenvalue weighted by molar-refractivity contribution is -0.154. The first-order chi connectivity index (χ1) is 10.4. The second-order valence-corrected chi connectivity index (χ2v) is 4.53. The number of ether oxygens (including phenoxy) is 1. The number of aliphatic imine (C=N–C) groups is 1. The third kappa shape index (κ3) is 7.70. The van der Waals surface area contributed by atoms with Gasteiger partial charge in [-0.05, 0) is 25.0 Å². The van der Waals surface area contributed by atoms with Gasteiger partial charge in [-0.1, -0.05) is 6.92 Å². The minimum atomic E-state index is -4.38. The van der Waals surface area contributed by atoms with E-state index < -0.39 is 12.8 Å². The molecule has 0 saturated heterocycles. The molecule has 0 atom stereocenters. The van der Waals surface area contributed by atoms with Crippen molar-refractivity contribution >= 4 is 5.96 Å². The van der Waals surface area contributed by atoms with E-state index in [4.69, 9.17) is 0 Å². The molecule has 0 radical (unpaired) electrons. The third-order valence-electron chi connectivity index (χ3n) is 2.49. The summed E-state index contributed by atoms with van der Waals surface area (Å²) in [4.78, 5) is 8.11. The maximum absolute atomic E-state index is 12.1. The highest BCUT2D eigenvalue weighted by Crippen LogP contribution is 2.17. The number of alkyl halides is 3. The molecule has 1 heterocycles. The van der Waals surface area contributed by atoms with Gasteiger partial charge in [0.05, 0.1) is 6.54 Å². The van der Waals surface area contributed by atoms with Crippen LogP contribution in [0.1, 0.15) is 25.8 Å². The van der Waals surface area contributed by atoms with Crippen LogP contribution in [0.15, 0.2) is 23.3 Å². The van der Waals surface area contributed by atoms with Crippen molar-refractivity contribution in [3.05, 3.63) is 23.9 Å². The van der Waals surface area contributed by atoms with Crippen LogP contribution in [0.2, 0.25) is 0 Å². The number of nitrogens with zero attached hydrogens (tertiary/aromatic N) is 2. The van der Waals surface area contributed by atoms with Crippen molar-refractivity contribution in [2.45, 2.75) is 33.0 Å².